The van der Waals surface area contributed by atoms with Crippen LogP contribution < -0.4 is 21.5 Å². The first-order valence-corrected chi connectivity index (χ1v) is 6.62. The topological polar surface area (TPSA) is 163 Å². The Labute approximate surface area is 122 Å². The highest BCUT2D eigenvalue weighted by Crippen LogP contribution is 1.94. The average molecular weight is 305 g/mol. The highest BCUT2D eigenvalue weighted by atomic mass is 16.4. The van der Waals surface area contributed by atoms with Gasteiger partial charge in [-0.15, -0.1) is 0 Å². The quantitative estimate of drug-likeness (QED) is 0.273. The van der Waals surface area contributed by atoms with Gasteiger partial charge >= 0.3 is 17.8 Å². The Kier molecular flexibility index (Phi) is 14.4. The summed E-state index contributed by atoms with van der Waals surface area (Å²) in [6.07, 6.45) is 5.41. The van der Waals surface area contributed by atoms with Crippen molar-refractivity contribution >= 4 is 23.8 Å². The molecule has 9 nitrogen and oxygen atoms in total. The number of amides is 2. The van der Waals surface area contributed by atoms with E-state index in [2.05, 4.69) is 12.7 Å². The van der Waals surface area contributed by atoms with Crippen molar-refractivity contribution < 1.29 is 35.1 Å². The zero-order valence-electron chi connectivity index (χ0n) is 12.1. The van der Waals surface area contributed by atoms with Crippen LogP contribution in [0.15, 0.2) is 0 Å². The Balaban J connectivity index is 0. The minimum atomic E-state index is -1.55. The highest BCUT2D eigenvalue weighted by molar-refractivity contribution is 6.35. The van der Waals surface area contributed by atoms with Crippen molar-refractivity contribution in [3.63, 3.8) is 0 Å². The molecule has 0 aliphatic rings. The highest BCUT2D eigenvalue weighted by Gasteiger charge is 2.13. The number of unbranched alkanes of at least 4 members (excludes halogenated alkanes) is 3. The lowest BCUT2D eigenvalue weighted by atomic mass is 10.2. The summed E-state index contributed by atoms with van der Waals surface area (Å²) in [6.45, 7) is 1.82. The molecular formula is C12H23N3O6. The Hall–Kier alpha value is -2.16. The molecule has 0 saturated heterocycles. The molecule has 0 aromatic carbocycles. The third-order valence-corrected chi connectivity index (χ3v) is 2.10. The number of carbonyl (C=O) groups excluding carboxylic acids is 3. The minimum Gasteiger partial charge on any atom is -0.548 e. The van der Waals surface area contributed by atoms with E-state index in [9.17, 15) is 24.3 Å². The van der Waals surface area contributed by atoms with Crippen LogP contribution in [0.1, 0.15) is 32.6 Å². The van der Waals surface area contributed by atoms with Gasteiger partial charge < -0.3 is 31.4 Å². The first-order valence-electron chi connectivity index (χ1n) is 6.62. The van der Waals surface area contributed by atoms with Gasteiger partial charge in [0.1, 0.15) is 6.54 Å². The van der Waals surface area contributed by atoms with Crippen molar-refractivity contribution in [2.75, 3.05) is 19.6 Å². The number of quaternary nitrogens is 1. The minimum absolute atomic E-state index is 0.711. The van der Waals surface area contributed by atoms with Gasteiger partial charge in [-0.1, -0.05) is 19.8 Å². The van der Waals surface area contributed by atoms with Crippen molar-refractivity contribution in [3.05, 3.63) is 0 Å². The fourth-order valence-electron chi connectivity index (χ4n) is 1.07. The van der Waals surface area contributed by atoms with Crippen LogP contribution >= 0.6 is 0 Å². The van der Waals surface area contributed by atoms with Crippen molar-refractivity contribution in [2.45, 2.75) is 32.6 Å². The molecular weight excluding hydrogens is 282 g/mol. The van der Waals surface area contributed by atoms with E-state index in [1.54, 1.807) is 10.6 Å². The summed E-state index contributed by atoms with van der Waals surface area (Å²) in [5.41, 5.74) is 3.76. The lowest BCUT2D eigenvalue weighted by Gasteiger charge is -2.04. The Morgan fingerprint density at radius 3 is 1.90 bits per heavy atom. The molecule has 0 rings (SSSR count). The summed E-state index contributed by atoms with van der Waals surface area (Å²) in [6, 6.07) is 0. The molecule has 6 N–H and O–H groups in total. The van der Waals surface area contributed by atoms with Gasteiger partial charge in [0, 0.05) is 0 Å². The van der Waals surface area contributed by atoms with E-state index in [1.807, 2.05) is 0 Å². The van der Waals surface area contributed by atoms with Crippen LogP contribution in [0.25, 0.3) is 0 Å². The van der Waals surface area contributed by atoms with Crippen molar-refractivity contribution in [3.8, 4) is 0 Å². The lowest BCUT2D eigenvalue weighted by molar-refractivity contribution is -0.368. The third-order valence-electron chi connectivity index (χ3n) is 2.10. The molecule has 0 saturated carbocycles. The van der Waals surface area contributed by atoms with Gasteiger partial charge in [-0.2, -0.15) is 0 Å². The Bertz CT molecular complexity index is 314. The first-order chi connectivity index (χ1) is 9.84. The number of hydrogen-bond acceptors (Lipinski definition) is 5. The maximum absolute atomic E-state index is 10.7. The second kappa shape index (κ2) is 14.3. The van der Waals surface area contributed by atoms with E-state index in [0.717, 1.165) is 6.54 Å². The molecule has 0 radical (unpaired) electrons. The van der Waals surface area contributed by atoms with E-state index >= 15 is 0 Å². The lowest BCUT2D eigenvalue weighted by Crippen LogP contribution is -2.50. The molecule has 122 valence electrons. The SMILES string of the molecule is CCCCCC[NH3+].O=C([O-])CNC(=O)C(=O)NCC(=O)O. The van der Waals surface area contributed by atoms with Crippen molar-refractivity contribution in [1.29, 1.82) is 0 Å². The van der Waals surface area contributed by atoms with Crippen LogP contribution in [0.2, 0.25) is 0 Å². The fraction of sp³-hybridized carbons (Fsp3) is 0.667. The van der Waals surface area contributed by atoms with Crippen LogP contribution in [0.4, 0.5) is 0 Å². The zero-order valence-corrected chi connectivity index (χ0v) is 12.1. The molecule has 0 bridgehead atoms. The number of aliphatic carboxylic acids is 2. The van der Waals surface area contributed by atoms with Crippen LogP contribution in [0.5, 0.6) is 0 Å². The summed E-state index contributed by atoms with van der Waals surface area (Å²) in [4.78, 5) is 41.1. The van der Waals surface area contributed by atoms with Gasteiger partial charge in [0.2, 0.25) is 0 Å². The fourth-order valence-corrected chi connectivity index (χ4v) is 1.07. The number of carbonyl (C=O) groups is 4. The predicted molar refractivity (Wildman–Crippen MR) is 70.6 cm³/mol. The summed E-state index contributed by atoms with van der Waals surface area (Å²) >= 11 is 0. The van der Waals surface area contributed by atoms with Crippen LogP contribution in [0.3, 0.4) is 0 Å². The van der Waals surface area contributed by atoms with E-state index in [0.29, 0.717) is 0 Å². The van der Waals surface area contributed by atoms with E-state index in [-0.39, 0.29) is 0 Å². The summed E-state index contributed by atoms with van der Waals surface area (Å²) < 4.78 is 0. The summed E-state index contributed by atoms with van der Waals surface area (Å²) in [7, 11) is 0. The first kappa shape index (κ1) is 21.1. The van der Waals surface area contributed by atoms with Gasteiger partial charge in [0.05, 0.1) is 19.1 Å². The molecule has 0 aromatic rings. The molecule has 0 fully saturated rings. The normalized spacial score (nSPS) is 9.05. The number of hydrogen-bond donors (Lipinski definition) is 4. The van der Waals surface area contributed by atoms with Gasteiger partial charge in [0.15, 0.2) is 0 Å². The molecule has 0 spiro atoms. The predicted octanol–water partition coefficient (Wildman–Crippen LogP) is -3.14. The van der Waals surface area contributed by atoms with Crippen LogP contribution in [-0.2, 0) is 19.2 Å². The van der Waals surface area contributed by atoms with Crippen molar-refractivity contribution in [1.82, 2.24) is 10.6 Å². The molecule has 0 unspecified atom stereocenters. The second-order valence-electron chi connectivity index (χ2n) is 4.05. The number of carboxylic acids is 2. The van der Waals surface area contributed by atoms with Crippen LogP contribution in [0, 0.1) is 0 Å². The number of nitrogens with one attached hydrogen (secondary N) is 2. The third kappa shape index (κ3) is 17.8. The summed E-state index contributed by atoms with van der Waals surface area (Å²) in [5.74, 6) is -5.31. The molecule has 0 aliphatic carbocycles. The monoisotopic (exact) mass is 305 g/mol. The van der Waals surface area contributed by atoms with Gasteiger partial charge in [-0.25, -0.2) is 0 Å². The van der Waals surface area contributed by atoms with Gasteiger partial charge in [0.25, 0.3) is 0 Å². The standard InChI is InChI=1S/C6H8N2O6.C6H15N/c9-3(10)1-7-5(13)6(14)8-2-4(11)12;1-2-3-4-5-6-7/h1-2H2,(H,7,13)(H,8,14)(H,9,10)(H,11,12);2-7H2,1H3. The molecule has 0 aliphatic heterocycles. The maximum atomic E-state index is 10.7. The van der Waals surface area contributed by atoms with E-state index < -0.39 is 36.8 Å². The largest absolute Gasteiger partial charge is 0.548 e. The van der Waals surface area contributed by atoms with Gasteiger partial charge in [-0.05, 0) is 12.8 Å². The molecule has 9 heteroatoms. The smallest absolute Gasteiger partial charge is 0.322 e. The number of carboxylic acid groups (broad SMARTS) is 2. The van der Waals surface area contributed by atoms with Gasteiger partial charge in [-0.3, -0.25) is 14.4 Å². The number of rotatable bonds is 8. The molecule has 2 amide bonds. The van der Waals surface area contributed by atoms with Crippen LogP contribution in [-0.4, -0.2) is 48.5 Å². The molecule has 0 atom stereocenters. The van der Waals surface area contributed by atoms with E-state index in [4.69, 9.17) is 5.11 Å². The van der Waals surface area contributed by atoms with Crippen molar-refractivity contribution in [2.24, 2.45) is 0 Å². The average Bonchev–Trinajstić information content (AvgIpc) is 2.43. The second-order valence-corrected chi connectivity index (χ2v) is 4.05. The molecule has 0 aromatic heterocycles. The summed E-state index contributed by atoms with van der Waals surface area (Å²) in [5, 5.41) is 21.4. The van der Waals surface area contributed by atoms with E-state index in [1.165, 1.54) is 25.7 Å². The Morgan fingerprint density at radius 1 is 1.00 bits per heavy atom. The zero-order chi connectivity index (χ0) is 16.7. The Morgan fingerprint density at radius 2 is 1.52 bits per heavy atom. The molecule has 21 heavy (non-hydrogen) atoms. The molecule has 0 heterocycles. The maximum Gasteiger partial charge on any atom is 0.322 e.